The summed E-state index contributed by atoms with van der Waals surface area (Å²) in [7, 11) is 0. The molecule has 32 heavy (non-hydrogen) atoms. The van der Waals surface area contributed by atoms with Crippen molar-refractivity contribution >= 4 is 46.6 Å². The van der Waals surface area contributed by atoms with Crippen molar-refractivity contribution in [2.75, 3.05) is 10.2 Å². The maximum Gasteiger partial charge on any atom is 0.283 e. The topological polar surface area (TPSA) is 49.4 Å². The van der Waals surface area contributed by atoms with Gasteiger partial charge in [-0.25, -0.2) is 4.90 Å². The van der Waals surface area contributed by atoms with Crippen molar-refractivity contribution in [3.8, 4) is 0 Å². The van der Waals surface area contributed by atoms with Crippen molar-refractivity contribution in [1.29, 1.82) is 0 Å². The third-order valence-electron chi connectivity index (χ3n) is 5.35. The van der Waals surface area contributed by atoms with Crippen LogP contribution in [0.2, 0.25) is 5.02 Å². The van der Waals surface area contributed by atoms with Crippen molar-refractivity contribution in [2.24, 2.45) is 0 Å². The van der Waals surface area contributed by atoms with E-state index in [1.54, 1.807) is 12.1 Å². The van der Waals surface area contributed by atoms with E-state index in [9.17, 15) is 9.59 Å². The number of aryl methyl sites for hydroxylation is 3. The van der Waals surface area contributed by atoms with Gasteiger partial charge in [-0.05, 0) is 61.7 Å². The number of para-hydroxylation sites is 1. The molecule has 0 aromatic heterocycles. The van der Waals surface area contributed by atoms with Gasteiger partial charge in [-0.15, -0.1) is 0 Å². The molecule has 6 heteroatoms. The van der Waals surface area contributed by atoms with E-state index in [4.69, 9.17) is 11.6 Å². The molecule has 3 aromatic rings. The Labute approximate surface area is 197 Å². The summed E-state index contributed by atoms with van der Waals surface area (Å²) >= 11 is 7.58. The zero-order chi connectivity index (χ0) is 22.8. The van der Waals surface area contributed by atoms with Crippen LogP contribution in [0, 0.1) is 13.8 Å². The summed E-state index contributed by atoms with van der Waals surface area (Å²) in [5.41, 5.74) is 4.63. The van der Waals surface area contributed by atoms with Crippen LogP contribution in [0.3, 0.4) is 0 Å². The Bertz CT molecular complexity index is 1230. The van der Waals surface area contributed by atoms with Crippen molar-refractivity contribution < 1.29 is 9.59 Å². The van der Waals surface area contributed by atoms with Gasteiger partial charge in [-0.1, -0.05) is 72.2 Å². The van der Waals surface area contributed by atoms with Crippen molar-refractivity contribution in [1.82, 2.24) is 0 Å². The fraction of sp³-hybridized carbons (Fsp3) is 0.154. The Balaban J connectivity index is 1.77. The molecule has 0 bridgehead atoms. The number of carbonyl (C=O) groups excluding carboxylic acids is 2. The highest BCUT2D eigenvalue weighted by Gasteiger charge is 2.40. The van der Waals surface area contributed by atoms with E-state index in [0.717, 1.165) is 33.7 Å². The monoisotopic (exact) mass is 462 g/mol. The Morgan fingerprint density at radius 1 is 0.938 bits per heavy atom. The molecule has 1 aliphatic heterocycles. The van der Waals surface area contributed by atoms with Crippen LogP contribution < -0.4 is 10.2 Å². The number of rotatable bonds is 6. The molecule has 3 aromatic carbocycles. The molecule has 4 rings (SSSR count). The van der Waals surface area contributed by atoms with Crippen LogP contribution in [-0.2, 0) is 16.0 Å². The van der Waals surface area contributed by atoms with Crippen LogP contribution in [0.1, 0.15) is 23.6 Å². The minimum Gasteiger partial charge on any atom is -0.350 e. The Morgan fingerprint density at radius 2 is 1.66 bits per heavy atom. The summed E-state index contributed by atoms with van der Waals surface area (Å²) < 4.78 is 0. The number of nitrogens with one attached hydrogen (secondary N) is 1. The summed E-state index contributed by atoms with van der Waals surface area (Å²) in [6.45, 7) is 5.94. The van der Waals surface area contributed by atoms with Gasteiger partial charge in [-0.3, -0.25) is 9.59 Å². The lowest BCUT2D eigenvalue weighted by Gasteiger charge is -2.16. The lowest BCUT2D eigenvalue weighted by Crippen LogP contribution is -2.32. The molecule has 0 radical (unpaired) electrons. The SMILES string of the molecule is CCc1ccccc1NC1=C(Sc2ccc(C)cc2)C(=O)N(c2ccc(C)c(Cl)c2)C1=O. The first kappa shape index (κ1) is 22.2. The standard InChI is InChI=1S/C26H23ClN2O2S/c1-4-18-7-5-6-8-22(18)28-23-24(32-20-13-9-16(2)10-14-20)26(31)29(25(23)30)19-12-11-17(3)21(27)15-19/h5-15,28H,4H2,1-3H3. The zero-order valence-corrected chi connectivity index (χ0v) is 19.7. The summed E-state index contributed by atoms with van der Waals surface area (Å²) in [4.78, 5) is 29.4. The van der Waals surface area contributed by atoms with Gasteiger partial charge in [0.15, 0.2) is 0 Å². The van der Waals surface area contributed by atoms with Gasteiger partial charge >= 0.3 is 0 Å². The van der Waals surface area contributed by atoms with E-state index in [1.807, 2.05) is 68.4 Å². The number of hydrogen-bond donors (Lipinski definition) is 1. The summed E-state index contributed by atoms with van der Waals surface area (Å²) in [6, 6.07) is 20.9. The number of thioether (sulfide) groups is 1. The molecule has 0 unspecified atom stereocenters. The fourth-order valence-corrected chi connectivity index (χ4v) is 4.58. The summed E-state index contributed by atoms with van der Waals surface area (Å²) in [6.07, 6.45) is 0.802. The molecule has 0 fully saturated rings. The molecule has 0 saturated carbocycles. The maximum absolute atomic E-state index is 13.5. The van der Waals surface area contributed by atoms with Crippen molar-refractivity contribution in [3.63, 3.8) is 0 Å². The number of halogens is 1. The molecule has 0 aliphatic carbocycles. The average molecular weight is 463 g/mol. The molecular weight excluding hydrogens is 440 g/mol. The first-order valence-corrected chi connectivity index (χ1v) is 11.6. The third-order valence-corrected chi connectivity index (χ3v) is 6.85. The number of nitrogens with zero attached hydrogens (tertiary/aromatic N) is 1. The minimum absolute atomic E-state index is 0.276. The lowest BCUT2D eigenvalue weighted by atomic mass is 10.1. The molecule has 1 aliphatic rings. The maximum atomic E-state index is 13.5. The van der Waals surface area contributed by atoms with Gasteiger partial charge in [0.25, 0.3) is 11.8 Å². The van der Waals surface area contributed by atoms with Gasteiger partial charge in [0.1, 0.15) is 10.6 Å². The normalized spacial score (nSPS) is 13.8. The molecule has 162 valence electrons. The van der Waals surface area contributed by atoms with Crippen molar-refractivity contribution in [2.45, 2.75) is 32.1 Å². The van der Waals surface area contributed by atoms with Crippen LogP contribution in [0.4, 0.5) is 11.4 Å². The Hall–Kier alpha value is -3.02. The van der Waals surface area contributed by atoms with Gasteiger partial charge in [-0.2, -0.15) is 0 Å². The van der Waals surface area contributed by atoms with Crippen LogP contribution in [0.25, 0.3) is 0 Å². The van der Waals surface area contributed by atoms with Gasteiger partial charge in [0.2, 0.25) is 0 Å². The molecule has 0 spiro atoms. The highest BCUT2D eigenvalue weighted by atomic mass is 35.5. The first-order chi connectivity index (χ1) is 15.4. The minimum atomic E-state index is -0.393. The smallest absolute Gasteiger partial charge is 0.283 e. The quantitative estimate of drug-likeness (QED) is 0.424. The van der Waals surface area contributed by atoms with E-state index in [1.165, 1.54) is 16.7 Å². The average Bonchev–Trinajstić information content (AvgIpc) is 3.01. The second-order valence-electron chi connectivity index (χ2n) is 7.63. The van der Waals surface area contributed by atoms with Crippen LogP contribution in [-0.4, -0.2) is 11.8 Å². The molecular formula is C26H23ClN2O2S. The van der Waals surface area contributed by atoms with E-state index in [0.29, 0.717) is 15.6 Å². The fourth-order valence-electron chi connectivity index (χ4n) is 3.48. The highest BCUT2D eigenvalue weighted by molar-refractivity contribution is 8.04. The van der Waals surface area contributed by atoms with E-state index in [2.05, 4.69) is 12.2 Å². The summed E-state index contributed by atoms with van der Waals surface area (Å²) in [5.74, 6) is -0.757. The van der Waals surface area contributed by atoms with Gasteiger partial charge in [0.05, 0.1) is 5.69 Å². The predicted octanol–water partition coefficient (Wildman–Crippen LogP) is 6.51. The third kappa shape index (κ3) is 4.31. The molecule has 0 saturated heterocycles. The number of imide groups is 1. The lowest BCUT2D eigenvalue weighted by molar-refractivity contribution is -0.120. The van der Waals surface area contributed by atoms with E-state index < -0.39 is 5.91 Å². The molecule has 1 N–H and O–H groups in total. The summed E-state index contributed by atoms with van der Waals surface area (Å²) in [5, 5.41) is 3.77. The Morgan fingerprint density at radius 3 is 2.34 bits per heavy atom. The first-order valence-electron chi connectivity index (χ1n) is 10.4. The molecule has 2 amide bonds. The van der Waals surface area contributed by atoms with Crippen LogP contribution in [0.15, 0.2) is 82.2 Å². The highest BCUT2D eigenvalue weighted by Crippen LogP contribution is 2.39. The number of amides is 2. The number of anilines is 2. The molecule has 1 heterocycles. The van der Waals surface area contributed by atoms with Crippen LogP contribution in [0.5, 0.6) is 0 Å². The van der Waals surface area contributed by atoms with Crippen molar-refractivity contribution in [3.05, 3.63) is 99.0 Å². The second-order valence-corrected chi connectivity index (χ2v) is 9.13. The van der Waals surface area contributed by atoms with Gasteiger partial charge < -0.3 is 5.32 Å². The van der Waals surface area contributed by atoms with Crippen LogP contribution >= 0.6 is 23.4 Å². The Kier molecular flexibility index (Phi) is 6.40. The predicted molar refractivity (Wildman–Crippen MR) is 132 cm³/mol. The van der Waals surface area contributed by atoms with Gasteiger partial charge in [0, 0.05) is 15.6 Å². The zero-order valence-electron chi connectivity index (χ0n) is 18.1. The number of benzene rings is 3. The number of hydrogen-bond acceptors (Lipinski definition) is 4. The van der Waals surface area contributed by atoms with E-state index >= 15 is 0 Å². The number of carbonyl (C=O) groups is 2. The van der Waals surface area contributed by atoms with E-state index in [-0.39, 0.29) is 11.6 Å². The molecule has 4 nitrogen and oxygen atoms in total. The largest absolute Gasteiger partial charge is 0.350 e. The molecule has 0 atom stereocenters. The second kappa shape index (κ2) is 9.23.